The van der Waals surface area contributed by atoms with Gasteiger partial charge in [0.05, 0.1) is 0 Å². The van der Waals surface area contributed by atoms with Gasteiger partial charge in [0.25, 0.3) is 0 Å². The van der Waals surface area contributed by atoms with E-state index in [0.717, 1.165) is 18.7 Å². The van der Waals surface area contributed by atoms with Crippen molar-refractivity contribution in [3.8, 4) is 0 Å². The highest BCUT2D eigenvalue weighted by Gasteiger charge is 2.30. The minimum absolute atomic E-state index is 0.257. The third-order valence-electron chi connectivity index (χ3n) is 2.36. The van der Waals surface area contributed by atoms with Crippen molar-refractivity contribution in [3.63, 3.8) is 0 Å². The van der Waals surface area contributed by atoms with Gasteiger partial charge in [0.1, 0.15) is 5.60 Å². The molecular formula is C15H30N2O2. The average Bonchev–Trinajstić information content (AvgIpc) is 2.11. The molecule has 0 aliphatic heterocycles. The first-order valence-electron chi connectivity index (χ1n) is 6.79. The predicted molar refractivity (Wildman–Crippen MR) is 80.4 cm³/mol. The van der Waals surface area contributed by atoms with Crippen LogP contribution in [0.1, 0.15) is 48.5 Å². The molecule has 0 saturated heterocycles. The lowest BCUT2D eigenvalue weighted by Gasteiger charge is -2.36. The molecule has 0 spiro atoms. The number of hydrogen-bond donors (Lipinski definition) is 1. The van der Waals surface area contributed by atoms with E-state index in [0.29, 0.717) is 6.54 Å². The molecule has 0 saturated carbocycles. The number of nitrogens with zero attached hydrogens (tertiary/aromatic N) is 1. The SMILES string of the molecule is C=C(C)CNCCN(C(=O)OC(C)(C)C)C(C)(C)C. The van der Waals surface area contributed by atoms with Gasteiger partial charge in [-0.1, -0.05) is 12.2 Å². The van der Waals surface area contributed by atoms with Gasteiger partial charge in [0, 0.05) is 25.2 Å². The lowest BCUT2D eigenvalue weighted by atomic mass is 10.1. The molecule has 0 unspecified atom stereocenters. The van der Waals surface area contributed by atoms with E-state index in [-0.39, 0.29) is 11.6 Å². The van der Waals surface area contributed by atoms with Crippen LogP contribution in [0.4, 0.5) is 4.79 Å². The fraction of sp³-hybridized carbons (Fsp3) is 0.800. The van der Waals surface area contributed by atoms with E-state index in [1.165, 1.54) is 0 Å². The summed E-state index contributed by atoms with van der Waals surface area (Å²) in [6, 6.07) is 0. The summed E-state index contributed by atoms with van der Waals surface area (Å²) < 4.78 is 5.45. The first-order valence-corrected chi connectivity index (χ1v) is 6.79. The Labute approximate surface area is 118 Å². The second-order valence-corrected chi connectivity index (χ2v) is 6.94. The lowest BCUT2D eigenvalue weighted by molar-refractivity contribution is 0.00670. The van der Waals surface area contributed by atoms with Gasteiger partial charge >= 0.3 is 6.09 Å². The maximum absolute atomic E-state index is 12.2. The molecule has 4 heteroatoms. The Morgan fingerprint density at radius 3 is 2.11 bits per heavy atom. The molecule has 0 rings (SSSR count). The quantitative estimate of drug-likeness (QED) is 0.616. The van der Waals surface area contributed by atoms with Crippen LogP contribution in [0, 0.1) is 0 Å². The first kappa shape index (κ1) is 18.0. The van der Waals surface area contributed by atoms with Crippen molar-refractivity contribution in [3.05, 3.63) is 12.2 Å². The van der Waals surface area contributed by atoms with Crippen LogP contribution in [-0.4, -0.2) is 41.8 Å². The summed E-state index contributed by atoms with van der Waals surface area (Å²) in [6.07, 6.45) is -0.267. The van der Waals surface area contributed by atoms with Crippen LogP contribution in [0.15, 0.2) is 12.2 Å². The summed E-state index contributed by atoms with van der Waals surface area (Å²) in [7, 11) is 0. The number of nitrogens with one attached hydrogen (secondary N) is 1. The molecule has 19 heavy (non-hydrogen) atoms. The van der Waals surface area contributed by atoms with Gasteiger partial charge in [0.2, 0.25) is 0 Å². The molecule has 0 aliphatic carbocycles. The van der Waals surface area contributed by atoms with Crippen molar-refractivity contribution in [2.75, 3.05) is 19.6 Å². The topological polar surface area (TPSA) is 41.6 Å². The molecule has 0 aromatic rings. The molecule has 0 radical (unpaired) electrons. The Hall–Kier alpha value is -1.03. The fourth-order valence-corrected chi connectivity index (χ4v) is 1.51. The van der Waals surface area contributed by atoms with Crippen molar-refractivity contribution >= 4 is 6.09 Å². The van der Waals surface area contributed by atoms with E-state index in [1.54, 1.807) is 4.90 Å². The number of hydrogen-bond acceptors (Lipinski definition) is 3. The number of carbonyl (C=O) groups excluding carboxylic acids is 1. The van der Waals surface area contributed by atoms with Gasteiger partial charge in [-0.25, -0.2) is 4.79 Å². The number of ether oxygens (including phenoxy) is 1. The summed E-state index contributed by atoms with van der Waals surface area (Å²) in [4.78, 5) is 13.9. The van der Waals surface area contributed by atoms with Crippen LogP contribution in [0.5, 0.6) is 0 Å². The Balaban J connectivity index is 4.49. The Morgan fingerprint density at radius 2 is 1.74 bits per heavy atom. The molecular weight excluding hydrogens is 240 g/mol. The summed E-state index contributed by atoms with van der Waals surface area (Å²) >= 11 is 0. The Bertz CT molecular complexity index is 311. The normalized spacial score (nSPS) is 12.2. The number of rotatable bonds is 5. The minimum Gasteiger partial charge on any atom is -0.444 e. The van der Waals surface area contributed by atoms with Gasteiger partial charge in [-0.05, 0) is 48.5 Å². The van der Waals surface area contributed by atoms with Gasteiger partial charge in [-0.15, -0.1) is 0 Å². The monoisotopic (exact) mass is 270 g/mol. The van der Waals surface area contributed by atoms with Crippen LogP contribution >= 0.6 is 0 Å². The van der Waals surface area contributed by atoms with E-state index in [4.69, 9.17) is 4.74 Å². The third kappa shape index (κ3) is 8.65. The average molecular weight is 270 g/mol. The lowest BCUT2D eigenvalue weighted by Crippen LogP contribution is -2.50. The van der Waals surface area contributed by atoms with Crippen molar-refractivity contribution in [1.29, 1.82) is 0 Å². The number of amides is 1. The van der Waals surface area contributed by atoms with E-state index in [2.05, 4.69) is 11.9 Å². The molecule has 0 aliphatic rings. The summed E-state index contributed by atoms with van der Waals surface area (Å²) in [5, 5.41) is 3.26. The third-order valence-corrected chi connectivity index (χ3v) is 2.36. The zero-order valence-corrected chi connectivity index (χ0v) is 13.6. The largest absolute Gasteiger partial charge is 0.444 e. The molecule has 0 aromatic heterocycles. The zero-order valence-electron chi connectivity index (χ0n) is 13.6. The highest BCUT2D eigenvalue weighted by atomic mass is 16.6. The van der Waals surface area contributed by atoms with Crippen molar-refractivity contribution in [1.82, 2.24) is 10.2 Å². The molecule has 0 heterocycles. The van der Waals surface area contributed by atoms with Gasteiger partial charge < -0.3 is 15.0 Å². The maximum Gasteiger partial charge on any atom is 0.410 e. The highest BCUT2D eigenvalue weighted by Crippen LogP contribution is 2.17. The van der Waals surface area contributed by atoms with E-state index in [9.17, 15) is 4.79 Å². The van der Waals surface area contributed by atoms with Crippen LogP contribution in [-0.2, 0) is 4.74 Å². The second kappa shape index (κ2) is 6.94. The zero-order chi connectivity index (χ0) is 15.3. The molecule has 1 N–H and O–H groups in total. The van der Waals surface area contributed by atoms with E-state index in [1.807, 2.05) is 48.5 Å². The van der Waals surface area contributed by atoms with Crippen LogP contribution in [0.2, 0.25) is 0 Å². The molecule has 0 bridgehead atoms. The minimum atomic E-state index is -0.467. The molecule has 4 nitrogen and oxygen atoms in total. The summed E-state index contributed by atoms with van der Waals surface area (Å²) in [5.41, 5.74) is 0.360. The second-order valence-electron chi connectivity index (χ2n) is 6.94. The molecule has 112 valence electrons. The fourth-order valence-electron chi connectivity index (χ4n) is 1.51. The molecule has 1 amide bonds. The Morgan fingerprint density at radius 1 is 1.21 bits per heavy atom. The van der Waals surface area contributed by atoms with Gasteiger partial charge in [-0.3, -0.25) is 0 Å². The van der Waals surface area contributed by atoms with E-state index < -0.39 is 5.60 Å². The smallest absolute Gasteiger partial charge is 0.410 e. The number of carbonyl (C=O) groups is 1. The molecule has 0 atom stereocenters. The van der Waals surface area contributed by atoms with Crippen LogP contribution < -0.4 is 5.32 Å². The highest BCUT2D eigenvalue weighted by molar-refractivity contribution is 5.69. The van der Waals surface area contributed by atoms with E-state index >= 15 is 0 Å². The van der Waals surface area contributed by atoms with Crippen molar-refractivity contribution in [2.45, 2.75) is 59.6 Å². The Kier molecular flexibility index (Phi) is 6.57. The van der Waals surface area contributed by atoms with Gasteiger partial charge in [-0.2, -0.15) is 0 Å². The standard InChI is InChI=1S/C15H30N2O2/c1-12(2)11-16-9-10-17(14(3,4)5)13(18)19-15(6,7)8/h16H,1,9-11H2,2-8H3. The maximum atomic E-state index is 12.2. The summed E-state index contributed by atoms with van der Waals surface area (Å²) in [5.74, 6) is 0. The first-order chi connectivity index (χ1) is 8.43. The molecule has 0 fully saturated rings. The van der Waals surface area contributed by atoms with Crippen molar-refractivity contribution in [2.24, 2.45) is 0 Å². The van der Waals surface area contributed by atoms with Crippen LogP contribution in [0.25, 0.3) is 0 Å². The van der Waals surface area contributed by atoms with Crippen molar-refractivity contribution < 1.29 is 9.53 Å². The summed E-state index contributed by atoms with van der Waals surface area (Å²) in [6.45, 7) is 19.6. The van der Waals surface area contributed by atoms with Crippen LogP contribution in [0.3, 0.4) is 0 Å². The predicted octanol–water partition coefficient (Wildman–Crippen LogP) is 3.19. The molecule has 0 aromatic carbocycles. The van der Waals surface area contributed by atoms with Gasteiger partial charge in [0.15, 0.2) is 0 Å².